The van der Waals surface area contributed by atoms with Crippen molar-refractivity contribution in [3.05, 3.63) is 23.8 Å². The molecule has 21 heavy (non-hydrogen) atoms. The lowest BCUT2D eigenvalue weighted by Gasteiger charge is -2.31. The largest absolute Gasteiger partial charge is 0.493 e. The summed E-state index contributed by atoms with van der Waals surface area (Å²) >= 11 is 0. The number of nitrogens with one attached hydrogen (secondary N) is 1. The minimum atomic E-state index is -0.312. The molecular weight excluding hydrogens is 268 g/mol. The Morgan fingerprint density at radius 2 is 1.81 bits per heavy atom. The zero-order valence-electron chi connectivity index (χ0n) is 13.4. The molecule has 1 aromatic carbocycles. The molecule has 0 saturated carbocycles. The molecule has 0 aliphatic carbocycles. The summed E-state index contributed by atoms with van der Waals surface area (Å²) in [6.07, 6.45) is 1.93. The Kier molecular flexibility index (Phi) is 6.49. The number of methoxy groups -OCH3 is 2. The standard InChI is InChI=1S/C16H26N2O3/c1-5-16(6-2,11-17)18-15(19)10-12-7-8-13(20-3)14(9-12)21-4/h7-9H,5-6,10-11,17H2,1-4H3,(H,18,19). The highest BCUT2D eigenvalue weighted by Gasteiger charge is 2.26. The normalized spacial score (nSPS) is 11.1. The van der Waals surface area contributed by atoms with E-state index in [0.29, 0.717) is 24.5 Å². The molecule has 5 nitrogen and oxygen atoms in total. The van der Waals surface area contributed by atoms with Crippen LogP contribution in [0.3, 0.4) is 0 Å². The number of carbonyl (C=O) groups is 1. The molecule has 1 rings (SSSR count). The molecule has 3 N–H and O–H groups in total. The first-order valence-corrected chi connectivity index (χ1v) is 7.26. The highest BCUT2D eigenvalue weighted by molar-refractivity contribution is 5.79. The average Bonchev–Trinajstić information content (AvgIpc) is 2.52. The Bertz CT molecular complexity index is 462. The molecule has 0 aliphatic rings. The predicted molar refractivity (Wildman–Crippen MR) is 83.8 cm³/mol. The Balaban J connectivity index is 2.79. The van der Waals surface area contributed by atoms with E-state index in [1.165, 1.54) is 0 Å². The summed E-state index contributed by atoms with van der Waals surface area (Å²) in [6.45, 7) is 4.51. The van der Waals surface area contributed by atoms with Gasteiger partial charge >= 0.3 is 0 Å². The summed E-state index contributed by atoms with van der Waals surface area (Å²) < 4.78 is 10.4. The number of amides is 1. The monoisotopic (exact) mass is 294 g/mol. The molecule has 0 aliphatic heterocycles. The van der Waals surface area contributed by atoms with Gasteiger partial charge in [0.2, 0.25) is 5.91 Å². The van der Waals surface area contributed by atoms with Crippen molar-refractivity contribution < 1.29 is 14.3 Å². The topological polar surface area (TPSA) is 73.6 Å². The van der Waals surface area contributed by atoms with Crippen molar-refractivity contribution >= 4 is 5.91 Å². The number of hydrogen-bond donors (Lipinski definition) is 2. The van der Waals surface area contributed by atoms with Crippen LogP contribution in [0.15, 0.2) is 18.2 Å². The molecule has 1 aromatic rings. The van der Waals surface area contributed by atoms with E-state index in [9.17, 15) is 4.79 Å². The summed E-state index contributed by atoms with van der Waals surface area (Å²) in [4.78, 5) is 12.2. The third-order valence-electron chi connectivity index (χ3n) is 3.96. The predicted octanol–water partition coefficient (Wildman–Crippen LogP) is 1.88. The maximum atomic E-state index is 12.2. The van der Waals surface area contributed by atoms with Crippen molar-refractivity contribution in [3.63, 3.8) is 0 Å². The van der Waals surface area contributed by atoms with E-state index in [2.05, 4.69) is 5.32 Å². The van der Waals surface area contributed by atoms with Gasteiger partial charge in [0, 0.05) is 6.54 Å². The maximum absolute atomic E-state index is 12.2. The van der Waals surface area contributed by atoms with Gasteiger partial charge in [-0.25, -0.2) is 0 Å². The lowest BCUT2D eigenvalue weighted by Crippen LogP contribution is -2.53. The Labute approximate surface area is 126 Å². The van der Waals surface area contributed by atoms with Crippen LogP contribution >= 0.6 is 0 Å². The molecule has 0 atom stereocenters. The Morgan fingerprint density at radius 3 is 2.29 bits per heavy atom. The second-order valence-corrected chi connectivity index (χ2v) is 5.11. The van der Waals surface area contributed by atoms with Crippen LogP contribution in [-0.4, -0.2) is 32.2 Å². The van der Waals surface area contributed by atoms with E-state index < -0.39 is 0 Å². The number of nitrogens with two attached hydrogens (primary N) is 1. The van der Waals surface area contributed by atoms with Gasteiger partial charge in [0.25, 0.3) is 0 Å². The number of hydrogen-bond acceptors (Lipinski definition) is 4. The first-order chi connectivity index (χ1) is 10.0. The molecule has 0 unspecified atom stereocenters. The molecule has 0 fully saturated rings. The Hall–Kier alpha value is -1.75. The molecule has 0 heterocycles. The zero-order valence-corrected chi connectivity index (χ0v) is 13.4. The van der Waals surface area contributed by atoms with E-state index in [0.717, 1.165) is 18.4 Å². The van der Waals surface area contributed by atoms with Gasteiger partial charge in [-0.3, -0.25) is 4.79 Å². The minimum Gasteiger partial charge on any atom is -0.493 e. The lowest BCUT2D eigenvalue weighted by molar-refractivity contribution is -0.122. The van der Waals surface area contributed by atoms with Crippen molar-refractivity contribution in [1.82, 2.24) is 5.32 Å². The van der Waals surface area contributed by atoms with Crippen molar-refractivity contribution in [2.24, 2.45) is 5.73 Å². The molecule has 0 radical (unpaired) electrons. The molecular formula is C16H26N2O3. The van der Waals surface area contributed by atoms with Crippen LogP contribution in [0, 0.1) is 0 Å². The van der Waals surface area contributed by atoms with Crippen LogP contribution in [0.25, 0.3) is 0 Å². The van der Waals surface area contributed by atoms with Crippen LogP contribution in [-0.2, 0) is 11.2 Å². The van der Waals surface area contributed by atoms with E-state index in [-0.39, 0.29) is 11.4 Å². The van der Waals surface area contributed by atoms with Gasteiger partial charge in [0.15, 0.2) is 11.5 Å². The van der Waals surface area contributed by atoms with Crippen molar-refractivity contribution in [1.29, 1.82) is 0 Å². The van der Waals surface area contributed by atoms with E-state index >= 15 is 0 Å². The van der Waals surface area contributed by atoms with Crippen LogP contribution in [0.4, 0.5) is 0 Å². The fraction of sp³-hybridized carbons (Fsp3) is 0.562. The van der Waals surface area contributed by atoms with Gasteiger partial charge in [0.1, 0.15) is 0 Å². The molecule has 5 heteroatoms. The zero-order chi connectivity index (χ0) is 15.9. The van der Waals surface area contributed by atoms with Gasteiger partial charge in [-0.1, -0.05) is 19.9 Å². The third kappa shape index (κ3) is 4.36. The van der Waals surface area contributed by atoms with Gasteiger partial charge < -0.3 is 20.5 Å². The number of benzene rings is 1. The van der Waals surface area contributed by atoms with E-state index in [4.69, 9.17) is 15.2 Å². The van der Waals surface area contributed by atoms with Gasteiger partial charge in [-0.15, -0.1) is 0 Å². The van der Waals surface area contributed by atoms with Crippen molar-refractivity contribution in [2.75, 3.05) is 20.8 Å². The average molecular weight is 294 g/mol. The van der Waals surface area contributed by atoms with Crippen LogP contribution in [0.5, 0.6) is 11.5 Å². The van der Waals surface area contributed by atoms with Crippen LogP contribution < -0.4 is 20.5 Å². The number of rotatable bonds is 8. The van der Waals surface area contributed by atoms with Crippen LogP contribution in [0.1, 0.15) is 32.3 Å². The molecule has 0 aromatic heterocycles. The minimum absolute atomic E-state index is 0.0311. The van der Waals surface area contributed by atoms with Gasteiger partial charge in [0.05, 0.1) is 26.2 Å². The second-order valence-electron chi connectivity index (χ2n) is 5.11. The van der Waals surface area contributed by atoms with Crippen molar-refractivity contribution in [3.8, 4) is 11.5 Å². The number of ether oxygens (including phenoxy) is 2. The summed E-state index contributed by atoms with van der Waals surface area (Å²) in [5.41, 5.74) is 6.37. The second kappa shape index (κ2) is 7.88. The first-order valence-electron chi connectivity index (χ1n) is 7.26. The quantitative estimate of drug-likeness (QED) is 0.768. The molecule has 0 spiro atoms. The molecule has 0 bridgehead atoms. The smallest absolute Gasteiger partial charge is 0.224 e. The SMILES string of the molecule is CCC(CC)(CN)NC(=O)Cc1ccc(OC)c(OC)c1. The summed E-state index contributed by atoms with van der Waals surface area (Å²) in [7, 11) is 3.16. The summed E-state index contributed by atoms with van der Waals surface area (Å²) in [5, 5.41) is 3.06. The van der Waals surface area contributed by atoms with Crippen LogP contribution in [0.2, 0.25) is 0 Å². The Morgan fingerprint density at radius 1 is 1.19 bits per heavy atom. The summed E-state index contributed by atoms with van der Waals surface area (Å²) in [6, 6.07) is 5.49. The third-order valence-corrected chi connectivity index (χ3v) is 3.96. The van der Waals surface area contributed by atoms with Gasteiger partial charge in [-0.05, 0) is 30.5 Å². The van der Waals surface area contributed by atoms with Crippen molar-refractivity contribution in [2.45, 2.75) is 38.6 Å². The molecule has 0 saturated heterocycles. The highest BCUT2D eigenvalue weighted by Crippen LogP contribution is 2.27. The maximum Gasteiger partial charge on any atom is 0.224 e. The first kappa shape index (κ1) is 17.3. The fourth-order valence-corrected chi connectivity index (χ4v) is 2.28. The van der Waals surface area contributed by atoms with Gasteiger partial charge in [-0.2, -0.15) is 0 Å². The molecule has 118 valence electrons. The summed E-state index contributed by atoms with van der Waals surface area (Å²) in [5.74, 6) is 1.25. The number of carbonyl (C=O) groups excluding carboxylic acids is 1. The van der Waals surface area contributed by atoms with E-state index in [1.54, 1.807) is 20.3 Å². The highest BCUT2D eigenvalue weighted by atomic mass is 16.5. The lowest BCUT2D eigenvalue weighted by atomic mass is 9.92. The van der Waals surface area contributed by atoms with E-state index in [1.807, 2.05) is 26.0 Å². The fourth-order valence-electron chi connectivity index (χ4n) is 2.28. The molecule has 1 amide bonds.